The van der Waals surface area contributed by atoms with Gasteiger partial charge in [-0.25, -0.2) is 26.9 Å². The molecule has 2 N–H and O–H groups in total. The van der Waals surface area contributed by atoms with Crippen LogP contribution in [0, 0.1) is 11.6 Å². The van der Waals surface area contributed by atoms with Crippen LogP contribution in [0.15, 0.2) is 70.6 Å². The average Bonchev–Trinajstić information content (AvgIpc) is 2.77. The lowest BCUT2D eigenvalue weighted by Gasteiger charge is -2.27. The first-order valence-electron chi connectivity index (χ1n) is 10.8. The molecule has 0 unspecified atom stereocenters. The molecular formula is C25H26F2N4O2S. The van der Waals surface area contributed by atoms with Crippen molar-refractivity contribution in [3.63, 3.8) is 0 Å². The van der Waals surface area contributed by atoms with Gasteiger partial charge in [0.25, 0.3) is 10.0 Å². The molecule has 34 heavy (non-hydrogen) atoms. The lowest BCUT2D eigenvalue weighted by atomic mass is 9.91. The van der Waals surface area contributed by atoms with Gasteiger partial charge in [0.15, 0.2) is 0 Å². The van der Waals surface area contributed by atoms with Gasteiger partial charge in [0.1, 0.15) is 16.5 Å². The van der Waals surface area contributed by atoms with E-state index in [-0.39, 0.29) is 34.2 Å². The quantitative estimate of drug-likeness (QED) is 0.543. The van der Waals surface area contributed by atoms with E-state index in [1.165, 1.54) is 12.1 Å². The van der Waals surface area contributed by atoms with E-state index in [1.807, 2.05) is 43.3 Å². The largest absolute Gasteiger partial charge is 0.324 e. The zero-order chi connectivity index (χ0) is 24.5. The van der Waals surface area contributed by atoms with Crippen molar-refractivity contribution in [1.82, 2.24) is 9.62 Å². The second-order valence-electron chi connectivity index (χ2n) is 8.48. The molecular weight excluding hydrogens is 458 g/mol. The summed E-state index contributed by atoms with van der Waals surface area (Å²) in [6, 6.07) is 16.1. The Bertz CT molecular complexity index is 1360. The lowest BCUT2D eigenvalue weighted by Crippen LogP contribution is -2.41. The zero-order valence-corrected chi connectivity index (χ0v) is 20.0. The summed E-state index contributed by atoms with van der Waals surface area (Å²) in [6.07, 6.45) is 0. The van der Waals surface area contributed by atoms with Gasteiger partial charge in [-0.2, -0.15) is 0 Å². The molecule has 0 bridgehead atoms. The van der Waals surface area contributed by atoms with Crippen LogP contribution in [0.25, 0.3) is 0 Å². The van der Waals surface area contributed by atoms with Gasteiger partial charge in [-0.15, -0.1) is 0 Å². The number of rotatable bonds is 6. The fourth-order valence-electron chi connectivity index (χ4n) is 4.10. The van der Waals surface area contributed by atoms with Crippen LogP contribution in [-0.2, 0) is 23.1 Å². The van der Waals surface area contributed by atoms with Crippen molar-refractivity contribution in [3.05, 3.63) is 94.6 Å². The number of halogens is 2. The molecule has 0 saturated carbocycles. The normalized spacial score (nSPS) is 16.6. The van der Waals surface area contributed by atoms with Gasteiger partial charge in [-0.05, 0) is 49.0 Å². The highest BCUT2D eigenvalue weighted by Gasteiger charge is 2.32. The lowest BCUT2D eigenvalue weighted by molar-refractivity contribution is 0.401. The number of aliphatic imine (C=N–C) groups is 1. The Morgan fingerprint density at radius 2 is 1.62 bits per heavy atom. The monoisotopic (exact) mass is 484 g/mol. The van der Waals surface area contributed by atoms with E-state index in [2.05, 4.69) is 15.0 Å². The standard InChI is InChI=1S/C25H26F2N4O2S/c1-16(19-10-6-7-11-20(19)26)23-21(27)12-13-22-24(23)29-25(30-34(22,32)33)28-14-17-8-4-5-9-18(17)15-31(2)3/h4-13,16H,14-15H2,1-3H3,(H2,28,29,30)/t16-/m1/s1. The van der Waals surface area contributed by atoms with Crippen LogP contribution in [0.5, 0.6) is 0 Å². The molecule has 1 heterocycles. The Morgan fingerprint density at radius 1 is 0.941 bits per heavy atom. The molecule has 6 nitrogen and oxygen atoms in total. The van der Waals surface area contributed by atoms with Gasteiger partial charge >= 0.3 is 0 Å². The van der Waals surface area contributed by atoms with Crippen LogP contribution < -0.4 is 10.0 Å². The summed E-state index contributed by atoms with van der Waals surface area (Å²) in [5.74, 6) is -1.87. The molecule has 4 rings (SSSR count). The molecule has 0 saturated heterocycles. The number of hydrogen-bond acceptors (Lipinski definition) is 4. The number of fused-ring (bicyclic) bond motifs is 1. The molecule has 3 aromatic carbocycles. The van der Waals surface area contributed by atoms with E-state index in [4.69, 9.17) is 0 Å². The van der Waals surface area contributed by atoms with E-state index in [0.717, 1.165) is 17.2 Å². The van der Waals surface area contributed by atoms with E-state index < -0.39 is 27.6 Å². The second kappa shape index (κ2) is 9.52. The average molecular weight is 485 g/mol. The minimum Gasteiger partial charge on any atom is -0.324 e. The van der Waals surface area contributed by atoms with Gasteiger partial charge in [0.2, 0.25) is 5.96 Å². The number of nitrogens with one attached hydrogen (secondary N) is 2. The maximum atomic E-state index is 15.0. The molecule has 0 aromatic heterocycles. The third kappa shape index (κ3) is 4.80. The van der Waals surface area contributed by atoms with E-state index in [9.17, 15) is 12.8 Å². The number of anilines is 1. The van der Waals surface area contributed by atoms with Crippen molar-refractivity contribution in [3.8, 4) is 0 Å². The summed E-state index contributed by atoms with van der Waals surface area (Å²) < 4.78 is 57.8. The first-order chi connectivity index (χ1) is 16.2. The van der Waals surface area contributed by atoms with E-state index >= 15 is 4.39 Å². The van der Waals surface area contributed by atoms with Crippen LogP contribution in [0.3, 0.4) is 0 Å². The van der Waals surface area contributed by atoms with Crippen LogP contribution in [-0.4, -0.2) is 33.4 Å². The zero-order valence-electron chi connectivity index (χ0n) is 19.1. The summed E-state index contributed by atoms with van der Waals surface area (Å²) in [6.45, 7) is 2.57. The van der Waals surface area contributed by atoms with Crippen LogP contribution >= 0.6 is 0 Å². The first-order valence-corrected chi connectivity index (χ1v) is 12.3. The molecule has 9 heteroatoms. The topological polar surface area (TPSA) is 73.8 Å². The Balaban J connectivity index is 1.74. The van der Waals surface area contributed by atoms with E-state index in [1.54, 1.807) is 25.1 Å². The van der Waals surface area contributed by atoms with Gasteiger partial charge in [0.05, 0.1) is 12.2 Å². The molecule has 0 radical (unpaired) electrons. The van der Waals surface area contributed by atoms with Crippen molar-refractivity contribution in [2.75, 3.05) is 19.4 Å². The van der Waals surface area contributed by atoms with E-state index in [0.29, 0.717) is 6.54 Å². The molecule has 1 aliphatic heterocycles. The highest BCUT2D eigenvalue weighted by molar-refractivity contribution is 7.90. The molecule has 1 atom stereocenters. The van der Waals surface area contributed by atoms with Crippen molar-refractivity contribution in [2.45, 2.75) is 30.8 Å². The van der Waals surface area contributed by atoms with Crippen molar-refractivity contribution >= 4 is 21.7 Å². The van der Waals surface area contributed by atoms with Gasteiger partial charge in [-0.3, -0.25) is 0 Å². The maximum Gasteiger partial charge on any atom is 0.266 e. The summed E-state index contributed by atoms with van der Waals surface area (Å²) in [5.41, 5.74) is 2.40. The number of sulfonamides is 1. The maximum absolute atomic E-state index is 15.0. The Morgan fingerprint density at radius 3 is 2.32 bits per heavy atom. The van der Waals surface area contributed by atoms with Crippen LogP contribution in [0.1, 0.15) is 35.1 Å². The number of benzene rings is 3. The number of nitrogens with zero attached hydrogens (tertiary/aromatic N) is 2. The molecule has 0 aliphatic carbocycles. The smallest absolute Gasteiger partial charge is 0.266 e. The summed E-state index contributed by atoms with van der Waals surface area (Å²) >= 11 is 0. The SMILES string of the molecule is C[C@H](c1ccccc1F)c1c(F)ccc2c1NC(=NCc1ccccc1CN(C)C)NS2(=O)=O. The van der Waals surface area contributed by atoms with Crippen molar-refractivity contribution in [1.29, 1.82) is 0 Å². The highest BCUT2D eigenvalue weighted by atomic mass is 32.2. The molecule has 0 fully saturated rings. The van der Waals surface area contributed by atoms with Crippen molar-refractivity contribution in [2.24, 2.45) is 4.99 Å². The predicted octanol–water partition coefficient (Wildman–Crippen LogP) is 4.44. The third-order valence-corrected chi connectivity index (χ3v) is 7.12. The summed E-state index contributed by atoms with van der Waals surface area (Å²) in [4.78, 5) is 6.36. The molecule has 1 aliphatic rings. The number of guanidine groups is 1. The third-order valence-electron chi connectivity index (χ3n) is 5.74. The minimum absolute atomic E-state index is 0.0141. The highest BCUT2D eigenvalue weighted by Crippen LogP contribution is 2.38. The fraction of sp³-hybridized carbons (Fsp3) is 0.240. The van der Waals surface area contributed by atoms with Crippen LogP contribution in [0.4, 0.5) is 14.5 Å². The fourth-order valence-corrected chi connectivity index (χ4v) is 5.26. The number of hydrogen-bond donors (Lipinski definition) is 2. The van der Waals surface area contributed by atoms with Gasteiger partial charge in [0, 0.05) is 18.0 Å². The van der Waals surface area contributed by atoms with Crippen LogP contribution in [0.2, 0.25) is 0 Å². The second-order valence-corrected chi connectivity index (χ2v) is 10.1. The Hall–Kier alpha value is -3.30. The minimum atomic E-state index is -4.00. The first kappa shape index (κ1) is 23.8. The Kier molecular flexibility index (Phi) is 6.67. The molecule has 178 valence electrons. The summed E-state index contributed by atoms with van der Waals surface area (Å²) in [7, 11) is -0.0787. The molecule has 0 spiro atoms. The molecule has 3 aromatic rings. The Labute approximate surface area is 198 Å². The van der Waals surface area contributed by atoms with Crippen molar-refractivity contribution < 1.29 is 17.2 Å². The summed E-state index contributed by atoms with van der Waals surface area (Å²) in [5, 5.41) is 2.95. The van der Waals surface area contributed by atoms with Gasteiger partial charge in [-0.1, -0.05) is 49.4 Å². The predicted molar refractivity (Wildman–Crippen MR) is 129 cm³/mol. The van der Waals surface area contributed by atoms with Gasteiger partial charge < -0.3 is 10.2 Å². The molecule has 0 amide bonds.